The number of non-ortho nitro benzene ring substituents is 1. The summed E-state index contributed by atoms with van der Waals surface area (Å²) in [5.41, 5.74) is -0.979. The summed E-state index contributed by atoms with van der Waals surface area (Å²) >= 11 is 1.90. The third-order valence-electron chi connectivity index (χ3n) is 5.94. The molecule has 2 heterocycles. The first-order valence-electron chi connectivity index (χ1n) is 13.1. The van der Waals surface area contributed by atoms with E-state index in [0.717, 1.165) is 63.2 Å². The highest BCUT2D eigenvalue weighted by Crippen LogP contribution is 2.53. The van der Waals surface area contributed by atoms with E-state index in [1.165, 1.54) is 31.2 Å². The van der Waals surface area contributed by atoms with Gasteiger partial charge in [0.05, 0.1) is 11.0 Å². The highest BCUT2D eigenvalue weighted by molar-refractivity contribution is 8.26. The number of nitro benzene ring substituents is 1. The quantitative estimate of drug-likeness (QED) is 0.152. The molecule has 0 bridgehead atoms. The number of nitrogens with zero attached hydrogens (tertiary/aromatic N) is 3. The lowest BCUT2D eigenvalue weighted by atomic mass is 10.0. The zero-order valence-corrected chi connectivity index (χ0v) is 26.5. The van der Waals surface area contributed by atoms with Crippen molar-refractivity contribution in [2.24, 2.45) is 5.10 Å². The van der Waals surface area contributed by atoms with Gasteiger partial charge < -0.3 is 23.7 Å². The van der Waals surface area contributed by atoms with Crippen LogP contribution in [0.25, 0.3) is 0 Å². The third-order valence-corrected chi connectivity index (χ3v) is 8.79. The van der Waals surface area contributed by atoms with Gasteiger partial charge in [-0.15, -0.1) is 0 Å². The molecule has 3 unspecified atom stereocenters. The molecule has 1 aromatic rings. The summed E-state index contributed by atoms with van der Waals surface area (Å²) in [4.78, 5) is 83.9. The van der Waals surface area contributed by atoms with Gasteiger partial charge in [0.15, 0.2) is 23.7 Å². The summed E-state index contributed by atoms with van der Waals surface area (Å²) in [7, 11) is 0. The van der Waals surface area contributed by atoms with Crippen molar-refractivity contribution in [1.29, 1.82) is 0 Å². The van der Waals surface area contributed by atoms with E-state index in [1.807, 2.05) is 0 Å². The Hall–Kier alpha value is -4.23. The zero-order chi connectivity index (χ0) is 33.6. The molecule has 1 amide bonds. The number of thioether (sulfide) groups is 2. The molecule has 1 aromatic carbocycles. The van der Waals surface area contributed by atoms with E-state index in [-0.39, 0.29) is 10.7 Å². The van der Waals surface area contributed by atoms with E-state index in [9.17, 15) is 38.9 Å². The molecule has 0 radical (unpaired) electrons. The predicted octanol–water partition coefficient (Wildman–Crippen LogP) is 1.42. The Bertz CT molecular complexity index is 1410. The van der Waals surface area contributed by atoms with E-state index in [0.29, 0.717) is 5.56 Å². The molecule has 1 saturated heterocycles. The molecule has 0 saturated carbocycles. The van der Waals surface area contributed by atoms with E-state index in [2.05, 4.69) is 10.4 Å². The van der Waals surface area contributed by atoms with Crippen LogP contribution in [0.3, 0.4) is 0 Å². The SMILES string of the molecule is CC(=O)OC[C@@H](OC(C)=O)[C@H](OC(C)=O)[C@@H](OC(C)=O)C1NC2(SC(c3ccc([N+](=O)[O-])cc3)=NN2C(C)=O)SC1OC(C)=O. The minimum atomic E-state index is -1.62. The number of rotatable bonds is 11. The van der Waals surface area contributed by atoms with Crippen LogP contribution in [0.1, 0.15) is 47.1 Å². The fourth-order valence-corrected chi connectivity index (χ4v) is 7.51. The van der Waals surface area contributed by atoms with Crippen molar-refractivity contribution in [3.8, 4) is 0 Å². The van der Waals surface area contributed by atoms with Crippen molar-refractivity contribution in [3.63, 3.8) is 0 Å². The normalized spacial score (nSPS) is 22.4. The summed E-state index contributed by atoms with van der Waals surface area (Å²) in [6.07, 6.45) is -4.68. The number of carbonyl (C=O) groups is 6. The molecule has 0 aliphatic carbocycles. The average Bonchev–Trinajstić information content (AvgIpc) is 3.47. The molecule has 244 valence electrons. The molecule has 1 fully saturated rings. The van der Waals surface area contributed by atoms with Crippen LogP contribution in [-0.2, 0) is 52.5 Å². The zero-order valence-electron chi connectivity index (χ0n) is 24.9. The number of nitro groups is 1. The van der Waals surface area contributed by atoms with Crippen LogP contribution in [0, 0.1) is 10.1 Å². The van der Waals surface area contributed by atoms with Crippen LogP contribution < -0.4 is 5.32 Å². The Balaban J connectivity index is 2.10. The fourth-order valence-electron chi connectivity index (χ4n) is 4.37. The second kappa shape index (κ2) is 14.7. The van der Waals surface area contributed by atoms with Gasteiger partial charge in [0.2, 0.25) is 10.2 Å². The monoisotopic (exact) mass is 670 g/mol. The van der Waals surface area contributed by atoms with Gasteiger partial charge >= 0.3 is 29.8 Å². The lowest BCUT2D eigenvalue weighted by Crippen LogP contribution is -2.60. The van der Waals surface area contributed by atoms with Crippen LogP contribution in [0.5, 0.6) is 0 Å². The van der Waals surface area contributed by atoms with Crippen LogP contribution in [0.2, 0.25) is 0 Å². The van der Waals surface area contributed by atoms with Gasteiger partial charge in [0.1, 0.15) is 11.7 Å². The second-order valence-corrected chi connectivity index (χ2v) is 12.3. The molecule has 19 heteroatoms. The van der Waals surface area contributed by atoms with Crippen LogP contribution in [-0.4, -0.2) is 91.5 Å². The molecule has 2 aliphatic rings. The smallest absolute Gasteiger partial charge is 0.303 e. The van der Waals surface area contributed by atoms with Crippen molar-refractivity contribution >= 4 is 70.0 Å². The molecule has 2 aliphatic heterocycles. The summed E-state index contributed by atoms with van der Waals surface area (Å²) in [6.45, 7) is 6.01. The Morgan fingerprint density at radius 1 is 0.933 bits per heavy atom. The molecule has 1 spiro atoms. The lowest BCUT2D eigenvalue weighted by Gasteiger charge is -2.36. The first-order chi connectivity index (χ1) is 21.0. The molecule has 0 aromatic heterocycles. The van der Waals surface area contributed by atoms with Crippen molar-refractivity contribution in [2.75, 3.05) is 6.61 Å². The number of hydrogen-bond acceptors (Lipinski definition) is 17. The number of hydrogen-bond donors (Lipinski definition) is 1. The van der Waals surface area contributed by atoms with Gasteiger partial charge in [0.25, 0.3) is 5.69 Å². The Morgan fingerprint density at radius 2 is 1.53 bits per heavy atom. The lowest BCUT2D eigenvalue weighted by molar-refractivity contribution is -0.384. The number of benzene rings is 1. The number of hydrazone groups is 1. The molecule has 17 nitrogen and oxygen atoms in total. The summed E-state index contributed by atoms with van der Waals surface area (Å²) in [5, 5.41) is 20.0. The maximum absolute atomic E-state index is 12.9. The summed E-state index contributed by atoms with van der Waals surface area (Å²) in [5.74, 6) is -4.67. The van der Waals surface area contributed by atoms with Gasteiger partial charge in [0, 0.05) is 59.2 Å². The van der Waals surface area contributed by atoms with Gasteiger partial charge in [-0.05, 0) is 23.9 Å². The number of nitrogens with one attached hydrogen (secondary N) is 1. The van der Waals surface area contributed by atoms with Gasteiger partial charge in [-0.25, -0.2) is 0 Å². The molecule has 1 N–H and O–H groups in total. The molecule has 6 atom stereocenters. The van der Waals surface area contributed by atoms with E-state index in [1.54, 1.807) is 0 Å². The fraction of sp³-hybridized carbons (Fsp3) is 0.500. The van der Waals surface area contributed by atoms with Gasteiger partial charge in [-0.2, -0.15) is 10.1 Å². The van der Waals surface area contributed by atoms with Crippen molar-refractivity contribution in [1.82, 2.24) is 10.3 Å². The van der Waals surface area contributed by atoms with Gasteiger partial charge in [-0.1, -0.05) is 11.8 Å². The highest BCUT2D eigenvalue weighted by Gasteiger charge is 2.61. The van der Waals surface area contributed by atoms with Crippen LogP contribution in [0.15, 0.2) is 29.4 Å². The minimum absolute atomic E-state index is 0.166. The predicted molar refractivity (Wildman–Crippen MR) is 156 cm³/mol. The van der Waals surface area contributed by atoms with Gasteiger partial charge in [-0.3, -0.25) is 44.2 Å². The number of amides is 1. The molecular formula is C26H30N4O13S2. The Morgan fingerprint density at radius 3 is 2.02 bits per heavy atom. The van der Waals surface area contributed by atoms with Crippen LogP contribution in [0.4, 0.5) is 5.69 Å². The third kappa shape index (κ3) is 8.92. The number of ether oxygens (including phenoxy) is 5. The van der Waals surface area contributed by atoms with Crippen molar-refractivity contribution < 1.29 is 57.4 Å². The molecule has 45 heavy (non-hydrogen) atoms. The molecular weight excluding hydrogens is 640 g/mol. The Kier molecular flexibility index (Phi) is 11.5. The van der Waals surface area contributed by atoms with Crippen LogP contribution >= 0.6 is 23.5 Å². The number of carbonyl (C=O) groups excluding carboxylic acids is 6. The summed E-state index contributed by atoms with van der Waals surface area (Å²) < 4.78 is 25.4. The van der Waals surface area contributed by atoms with E-state index < -0.39 is 81.4 Å². The summed E-state index contributed by atoms with van der Waals surface area (Å²) in [6, 6.07) is 4.15. The minimum Gasteiger partial charge on any atom is -0.462 e. The topological polar surface area (TPSA) is 219 Å². The standard InChI is InChI=1S/C26H30N4O13S2/c1-12(31)29-26(44-24(28-29)18-7-9-19(10-8-18)30(37)38)27-21(25(45-26)43-17(6)36)23(42-16(5)35)22(41-15(4)34)20(40-14(3)33)11-39-13(2)32/h7-10,20-23,25,27H,11H2,1-6H3/t20-,21?,22+,23+,25?,26?/m1/s1. The largest absolute Gasteiger partial charge is 0.462 e. The van der Waals surface area contributed by atoms with Crippen molar-refractivity contribution in [3.05, 3.63) is 39.9 Å². The number of esters is 5. The first kappa shape index (κ1) is 35.3. The highest BCUT2D eigenvalue weighted by atomic mass is 32.2. The maximum Gasteiger partial charge on any atom is 0.303 e. The van der Waals surface area contributed by atoms with Crippen molar-refractivity contribution in [2.45, 2.75) is 75.7 Å². The second-order valence-electron chi connectivity index (χ2n) is 9.59. The first-order valence-corrected chi connectivity index (χ1v) is 14.8. The van der Waals surface area contributed by atoms with E-state index in [4.69, 9.17) is 23.7 Å². The molecule has 3 rings (SSSR count). The maximum atomic E-state index is 12.9. The van der Waals surface area contributed by atoms with E-state index >= 15 is 0 Å². The Labute approximate surface area is 264 Å². The average molecular weight is 671 g/mol.